The zero-order valence-electron chi connectivity index (χ0n) is 18.1. The second-order valence-corrected chi connectivity index (χ2v) is 7.56. The number of piperidine rings is 1. The molecule has 3 aromatic rings. The molecule has 0 atom stereocenters. The average Bonchev–Trinajstić information content (AvgIpc) is 3.50. The number of H-pyrrole nitrogens is 1. The average molecular weight is 488 g/mol. The van der Waals surface area contributed by atoms with Crippen molar-refractivity contribution in [2.24, 2.45) is 10.7 Å². The first-order chi connectivity index (χ1) is 16.6. The van der Waals surface area contributed by atoms with E-state index in [1.807, 2.05) is 28.0 Å². The van der Waals surface area contributed by atoms with Crippen LogP contribution < -0.4 is 5.73 Å². The topological polar surface area (TPSA) is 186 Å². The lowest BCUT2D eigenvalue weighted by atomic mass is 9.85. The molecule has 4 rings (SSSR count). The Balaban J connectivity index is 0.000000429. The third kappa shape index (κ3) is 5.47. The standard InChI is InChI=1S/C18H18N10.C2HF3O2/c19-5-2-18(3-7-27(8-4-18)17(21)23-11-20)28-10-13(9-26-28)15-14-1-6-22-16(14)25-12-24-15;3-2(4,5)1(6)7/h1,6,9-10,12H,2-4,7-8H2,(H2,21,23)(H,22,24,25);(H,6,7). The number of nitrogens with two attached hydrogens (primary N) is 1. The van der Waals surface area contributed by atoms with Gasteiger partial charge >= 0.3 is 12.1 Å². The van der Waals surface area contributed by atoms with Crippen LogP contribution in [0.2, 0.25) is 0 Å². The number of guanidine groups is 1. The quantitative estimate of drug-likeness (QED) is 0.281. The normalized spacial score (nSPS) is 15.6. The summed E-state index contributed by atoms with van der Waals surface area (Å²) in [6.07, 6.45) is 5.37. The summed E-state index contributed by atoms with van der Waals surface area (Å²) in [5.74, 6) is -2.54. The van der Waals surface area contributed by atoms with E-state index in [0.29, 0.717) is 32.4 Å². The Morgan fingerprint density at radius 1 is 1.31 bits per heavy atom. The Labute approximate surface area is 196 Å². The van der Waals surface area contributed by atoms with E-state index in [1.165, 1.54) is 6.33 Å². The van der Waals surface area contributed by atoms with E-state index >= 15 is 0 Å². The molecule has 3 aromatic heterocycles. The SMILES string of the molecule is N#CCC1(n2cc(-c3ncnc4[nH]ccc34)cn2)CCN(/C(N)=N/C#N)CC1.O=C(O)C(F)(F)F. The van der Waals surface area contributed by atoms with Crippen molar-refractivity contribution < 1.29 is 23.1 Å². The van der Waals surface area contributed by atoms with E-state index in [9.17, 15) is 18.4 Å². The number of halogens is 3. The number of rotatable bonds is 3. The monoisotopic (exact) mass is 488 g/mol. The van der Waals surface area contributed by atoms with E-state index in [1.54, 1.807) is 12.4 Å². The van der Waals surface area contributed by atoms with Crippen LogP contribution in [0, 0.1) is 22.8 Å². The number of aliphatic imine (C=N–C) groups is 1. The number of hydrogen-bond donors (Lipinski definition) is 3. The molecule has 0 spiro atoms. The Morgan fingerprint density at radius 2 is 2.00 bits per heavy atom. The predicted octanol–water partition coefficient (Wildman–Crippen LogP) is 1.96. The number of carbonyl (C=O) groups is 1. The van der Waals surface area contributed by atoms with Crippen molar-refractivity contribution in [3.05, 3.63) is 31.0 Å². The highest BCUT2D eigenvalue weighted by Crippen LogP contribution is 2.35. The number of hydrogen-bond acceptors (Lipinski definition) is 7. The van der Waals surface area contributed by atoms with Gasteiger partial charge in [0.25, 0.3) is 0 Å². The van der Waals surface area contributed by atoms with Crippen molar-refractivity contribution in [3.8, 4) is 23.5 Å². The molecule has 0 aromatic carbocycles. The highest BCUT2D eigenvalue weighted by molar-refractivity contribution is 5.90. The van der Waals surface area contributed by atoms with E-state index in [2.05, 4.69) is 31.1 Å². The fourth-order valence-corrected chi connectivity index (χ4v) is 3.71. The highest BCUT2D eigenvalue weighted by atomic mass is 19.4. The number of nitrogens with one attached hydrogen (secondary N) is 1. The van der Waals surface area contributed by atoms with Gasteiger partial charge in [-0.1, -0.05) is 0 Å². The van der Waals surface area contributed by atoms with Gasteiger partial charge in [0.2, 0.25) is 12.2 Å². The van der Waals surface area contributed by atoms with Crippen LogP contribution in [0.4, 0.5) is 13.2 Å². The van der Waals surface area contributed by atoms with E-state index in [4.69, 9.17) is 20.9 Å². The largest absolute Gasteiger partial charge is 0.490 e. The van der Waals surface area contributed by atoms with Crippen molar-refractivity contribution in [2.75, 3.05) is 13.1 Å². The number of nitrogens with zero attached hydrogens (tertiary/aromatic N) is 8. The summed E-state index contributed by atoms with van der Waals surface area (Å²) in [6, 6.07) is 4.23. The van der Waals surface area contributed by atoms with Gasteiger partial charge in [0.05, 0.1) is 29.9 Å². The second kappa shape index (κ2) is 10.1. The second-order valence-electron chi connectivity index (χ2n) is 7.56. The first-order valence-corrected chi connectivity index (χ1v) is 10.1. The Kier molecular flexibility index (Phi) is 7.20. The summed E-state index contributed by atoms with van der Waals surface area (Å²) in [4.78, 5) is 26.1. The van der Waals surface area contributed by atoms with Crippen LogP contribution >= 0.6 is 0 Å². The minimum absolute atomic E-state index is 0.213. The molecule has 0 radical (unpaired) electrons. The van der Waals surface area contributed by atoms with Crippen LogP contribution in [0.1, 0.15) is 19.3 Å². The Bertz CT molecular complexity index is 1310. The van der Waals surface area contributed by atoms with Crippen LogP contribution in [0.5, 0.6) is 0 Å². The van der Waals surface area contributed by atoms with Crippen LogP contribution in [-0.4, -0.2) is 65.9 Å². The molecule has 1 aliphatic heterocycles. The molecule has 0 amide bonds. The molecule has 0 bridgehead atoms. The third-order valence-electron chi connectivity index (χ3n) is 5.53. The number of carboxylic acids is 1. The van der Waals surface area contributed by atoms with Crippen molar-refractivity contribution in [2.45, 2.75) is 31.0 Å². The minimum Gasteiger partial charge on any atom is -0.475 e. The molecule has 1 saturated heterocycles. The summed E-state index contributed by atoms with van der Waals surface area (Å²) in [6.45, 7) is 1.20. The number of aromatic amines is 1. The lowest BCUT2D eigenvalue weighted by molar-refractivity contribution is -0.192. The number of aromatic nitrogens is 5. The molecule has 182 valence electrons. The maximum Gasteiger partial charge on any atom is 0.490 e. The number of nitriles is 2. The minimum atomic E-state index is -5.08. The fourth-order valence-electron chi connectivity index (χ4n) is 3.71. The molecule has 4 heterocycles. The summed E-state index contributed by atoms with van der Waals surface area (Å²) in [7, 11) is 0. The first-order valence-electron chi connectivity index (χ1n) is 10.1. The van der Waals surface area contributed by atoms with E-state index < -0.39 is 17.7 Å². The van der Waals surface area contributed by atoms with Crippen LogP contribution in [0.15, 0.2) is 36.0 Å². The van der Waals surface area contributed by atoms with E-state index in [-0.39, 0.29) is 5.96 Å². The Hall–Kier alpha value is -4.66. The van der Waals surface area contributed by atoms with Gasteiger partial charge in [-0.05, 0) is 18.9 Å². The van der Waals surface area contributed by atoms with Gasteiger partial charge in [0.1, 0.15) is 12.0 Å². The molecular weight excluding hydrogens is 469 g/mol. The lowest BCUT2D eigenvalue weighted by Gasteiger charge is -2.40. The zero-order valence-corrected chi connectivity index (χ0v) is 18.1. The van der Waals surface area contributed by atoms with Crippen molar-refractivity contribution in [1.82, 2.24) is 29.6 Å². The molecular formula is C20H19F3N10O2. The van der Waals surface area contributed by atoms with Crippen LogP contribution in [0.3, 0.4) is 0 Å². The molecule has 0 unspecified atom stereocenters. The molecule has 1 aliphatic rings. The fraction of sp³-hybridized carbons (Fsp3) is 0.350. The van der Waals surface area contributed by atoms with Gasteiger partial charge in [-0.25, -0.2) is 14.8 Å². The van der Waals surface area contributed by atoms with Crippen LogP contribution in [0.25, 0.3) is 22.3 Å². The molecule has 0 aliphatic carbocycles. The Morgan fingerprint density at radius 3 is 2.60 bits per heavy atom. The molecule has 12 nitrogen and oxygen atoms in total. The maximum absolute atomic E-state index is 10.6. The van der Waals surface area contributed by atoms with Gasteiger partial charge in [0, 0.05) is 36.4 Å². The van der Waals surface area contributed by atoms with Crippen molar-refractivity contribution in [1.29, 1.82) is 10.5 Å². The number of aliphatic carboxylic acids is 1. The summed E-state index contributed by atoms with van der Waals surface area (Å²) in [5.41, 5.74) is 7.84. The van der Waals surface area contributed by atoms with Gasteiger partial charge in [-0.2, -0.15) is 28.8 Å². The maximum atomic E-state index is 10.6. The van der Waals surface area contributed by atoms with Crippen molar-refractivity contribution >= 4 is 23.0 Å². The highest BCUT2D eigenvalue weighted by Gasteiger charge is 2.39. The summed E-state index contributed by atoms with van der Waals surface area (Å²) in [5, 5.41) is 30.7. The third-order valence-corrected chi connectivity index (χ3v) is 5.53. The van der Waals surface area contributed by atoms with Gasteiger partial charge in [-0.15, -0.1) is 4.99 Å². The van der Waals surface area contributed by atoms with Gasteiger partial charge < -0.3 is 20.7 Å². The van der Waals surface area contributed by atoms with Gasteiger partial charge in [0.15, 0.2) is 0 Å². The predicted molar refractivity (Wildman–Crippen MR) is 115 cm³/mol. The lowest BCUT2D eigenvalue weighted by Crippen LogP contribution is -2.50. The number of likely N-dealkylation sites (tertiary alicyclic amines) is 1. The summed E-state index contributed by atoms with van der Waals surface area (Å²) < 4.78 is 33.6. The number of alkyl halides is 3. The smallest absolute Gasteiger partial charge is 0.475 e. The van der Waals surface area contributed by atoms with Gasteiger partial charge in [-0.3, -0.25) is 4.68 Å². The molecule has 4 N–H and O–H groups in total. The van der Waals surface area contributed by atoms with E-state index in [0.717, 1.165) is 22.3 Å². The van der Waals surface area contributed by atoms with Crippen LogP contribution in [-0.2, 0) is 10.3 Å². The molecule has 0 saturated carbocycles. The first kappa shape index (κ1) is 25.0. The number of carboxylic acid groups (broad SMARTS) is 1. The zero-order chi connectivity index (χ0) is 25.6. The van der Waals surface area contributed by atoms with Crippen molar-refractivity contribution in [3.63, 3.8) is 0 Å². The molecule has 1 fully saturated rings. The molecule has 15 heteroatoms. The number of fused-ring (bicyclic) bond motifs is 1. The molecule has 35 heavy (non-hydrogen) atoms. The summed E-state index contributed by atoms with van der Waals surface area (Å²) >= 11 is 0.